The van der Waals surface area contributed by atoms with Crippen LogP contribution in [0.5, 0.6) is 0 Å². The van der Waals surface area contributed by atoms with E-state index in [1.807, 2.05) is 61.5 Å². The summed E-state index contributed by atoms with van der Waals surface area (Å²) in [5.74, 6) is -3.26. The van der Waals surface area contributed by atoms with Crippen LogP contribution in [-0.4, -0.2) is 103 Å². The van der Waals surface area contributed by atoms with Gasteiger partial charge in [-0.05, 0) is 29.1 Å². The molecule has 5 rings (SSSR count). The molecule has 2 aliphatic rings. The molecule has 1 N–H and O–H groups in total. The summed E-state index contributed by atoms with van der Waals surface area (Å²) in [7, 11) is 1.16. The van der Waals surface area contributed by atoms with Gasteiger partial charge < -0.3 is 47.4 Å². The molecule has 0 aliphatic carbocycles. The van der Waals surface area contributed by atoms with Gasteiger partial charge in [-0.1, -0.05) is 130 Å². The second-order valence-electron chi connectivity index (χ2n) is 13.9. The summed E-state index contributed by atoms with van der Waals surface area (Å²) in [5.41, 5.74) is 13.0. The van der Waals surface area contributed by atoms with Crippen molar-refractivity contribution in [2.45, 2.75) is 106 Å². The SMILES string of the molecule is COC(=O)[C@@H]1O[C@@H](O[C@H]2[C@H](OCc3ccccc3)[C@@H](N=[N+]=[N-])C(OC(=N)C(Cl)(Cl)Cl)O[C@@H]2COC(C)=O)[C@H](OC(C)=O)[C@@H](OCc2ccccc2)[C@@H]1OCc1ccc(C)cc1. The Bertz CT molecular complexity index is 1970. The predicted octanol–water partition coefficient (Wildman–Crippen LogP) is 6.60. The van der Waals surface area contributed by atoms with Crippen molar-refractivity contribution in [1.29, 1.82) is 5.41 Å². The lowest BCUT2D eigenvalue weighted by molar-refractivity contribution is -0.350. The normalized spacial score (nSPS) is 26.3. The summed E-state index contributed by atoms with van der Waals surface area (Å²) in [5, 5.41) is 12.2. The number of methoxy groups -OCH3 is 1. The minimum absolute atomic E-state index is 0.0138. The number of benzene rings is 3. The Balaban J connectivity index is 1.60. The van der Waals surface area contributed by atoms with Crippen molar-refractivity contribution >= 4 is 58.6 Å². The molecule has 0 saturated carbocycles. The molecule has 3 aromatic carbocycles. The molecule has 0 aromatic heterocycles. The first-order valence-corrected chi connectivity index (χ1v) is 20.0. The third-order valence-electron chi connectivity index (χ3n) is 9.40. The number of azide groups is 1. The van der Waals surface area contributed by atoms with Crippen molar-refractivity contribution in [3.8, 4) is 0 Å². The average Bonchev–Trinajstić information content (AvgIpc) is 3.23. The number of nitrogens with one attached hydrogen (secondary N) is 1. The van der Waals surface area contributed by atoms with Gasteiger partial charge in [-0.3, -0.25) is 15.0 Å². The molecule has 2 fully saturated rings. The van der Waals surface area contributed by atoms with Crippen molar-refractivity contribution < 1.29 is 61.8 Å². The lowest BCUT2D eigenvalue weighted by Crippen LogP contribution is -2.66. The molecule has 10 atom stereocenters. The number of ether oxygens (including phenoxy) is 10. The number of rotatable bonds is 17. The Labute approximate surface area is 366 Å². The van der Waals surface area contributed by atoms with Gasteiger partial charge in [-0.2, -0.15) is 0 Å². The van der Waals surface area contributed by atoms with Crippen LogP contribution in [0.2, 0.25) is 0 Å². The summed E-state index contributed by atoms with van der Waals surface area (Å²) < 4.78 is 58.2. The maximum absolute atomic E-state index is 13.7. The van der Waals surface area contributed by atoms with Gasteiger partial charge in [0.2, 0.25) is 12.2 Å². The van der Waals surface area contributed by atoms with Gasteiger partial charge in [0, 0.05) is 18.8 Å². The lowest BCUT2D eigenvalue weighted by atomic mass is 9.95. The number of halogens is 3. The number of carbonyl (C=O) groups excluding carboxylic acids is 3. The number of alkyl halides is 3. The Morgan fingerprint density at radius 2 is 1.30 bits per heavy atom. The molecule has 0 radical (unpaired) electrons. The first-order chi connectivity index (χ1) is 29.2. The fraction of sp³-hybridized carbons (Fsp3) is 0.463. The van der Waals surface area contributed by atoms with E-state index in [9.17, 15) is 19.9 Å². The van der Waals surface area contributed by atoms with Crippen molar-refractivity contribution in [1.82, 2.24) is 0 Å². The molecule has 17 nitrogen and oxygen atoms in total. The second-order valence-corrected chi connectivity index (χ2v) is 16.2. The van der Waals surface area contributed by atoms with Gasteiger partial charge in [-0.25, -0.2) is 4.79 Å². The fourth-order valence-electron chi connectivity index (χ4n) is 6.52. The largest absolute Gasteiger partial charge is 0.467 e. The van der Waals surface area contributed by atoms with Crippen LogP contribution in [0.25, 0.3) is 10.4 Å². The van der Waals surface area contributed by atoms with Crippen molar-refractivity contribution in [3.63, 3.8) is 0 Å². The summed E-state index contributed by atoms with van der Waals surface area (Å²) in [6, 6.07) is 24.0. The second kappa shape index (κ2) is 22.5. The van der Waals surface area contributed by atoms with E-state index in [4.69, 9.17) is 87.6 Å². The maximum Gasteiger partial charge on any atom is 0.337 e. The highest BCUT2D eigenvalue weighted by atomic mass is 35.6. The zero-order chi connectivity index (χ0) is 44.1. The van der Waals surface area contributed by atoms with Crippen LogP contribution in [0.15, 0.2) is 90.0 Å². The van der Waals surface area contributed by atoms with Crippen LogP contribution < -0.4 is 0 Å². The molecule has 61 heavy (non-hydrogen) atoms. The Hall–Kier alpha value is -4.52. The number of hydrogen-bond acceptors (Lipinski definition) is 15. The number of esters is 3. The van der Waals surface area contributed by atoms with E-state index >= 15 is 0 Å². The first-order valence-electron chi connectivity index (χ1n) is 18.9. The molecule has 0 spiro atoms. The molecule has 0 bridgehead atoms. The van der Waals surface area contributed by atoms with Gasteiger partial charge in [0.1, 0.15) is 43.2 Å². The fourth-order valence-corrected chi connectivity index (χ4v) is 6.66. The quantitative estimate of drug-likeness (QED) is 0.0221. The Morgan fingerprint density at radius 3 is 1.82 bits per heavy atom. The summed E-state index contributed by atoms with van der Waals surface area (Å²) >= 11 is 17.8. The van der Waals surface area contributed by atoms with Crippen LogP contribution >= 0.6 is 34.8 Å². The van der Waals surface area contributed by atoms with Crippen LogP contribution in [0.4, 0.5) is 0 Å². The Morgan fingerprint density at radius 1 is 0.738 bits per heavy atom. The number of aryl methyl sites for hydroxylation is 1. The van der Waals surface area contributed by atoms with Crippen LogP contribution in [0, 0.1) is 12.3 Å². The van der Waals surface area contributed by atoms with E-state index in [0.29, 0.717) is 5.56 Å². The van der Waals surface area contributed by atoms with Crippen molar-refractivity contribution in [3.05, 3.63) is 118 Å². The Kier molecular flexibility index (Phi) is 17.6. The smallest absolute Gasteiger partial charge is 0.337 e. The van der Waals surface area contributed by atoms with E-state index in [-0.39, 0.29) is 19.8 Å². The predicted molar refractivity (Wildman–Crippen MR) is 218 cm³/mol. The van der Waals surface area contributed by atoms with Gasteiger partial charge in [0.05, 0.1) is 26.9 Å². The monoisotopic (exact) mass is 906 g/mol. The van der Waals surface area contributed by atoms with E-state index in [1.165, 1.54) is 0 Å². The molecule has 2 saturated heterocycles. The van der Waals surface area contributed by atoms with Gasteiger partial charge in [0.15, 0.2) is 18.5 Å². The number of hydrogen-bond donors (Lipinski definition) is 1. The molecular weight excluding hydrogens is 863 g/mol. The molecule has 328 valence electrons. The van der Waals surface area contributed by atoms with Crippen LogP contribution in [0.3, 0.4) is 0 Å². The summed E-state index contributed by atoms with van der Waals surface area (Å²) in [6.45, 7) is 3.57. The third-order valence-corrected chi connectivity index (χ3v) is 9.91. The highest BCUT2D eigenvalue weighted by Gasteiger charge is 2.57. The van der Waals surface area contributed by atoms with Crippen LogP contribution in [0.1, 0.15) is 36.1 Å². The maximum atomic E-state index is 13.7. The number of nitrogens with zero attached hydrogens (tertiary/aromatic N) is 3. The molecular formula is C41H45Cl3N4O13. The van der Waals surface area contributed by atoms with Crippen molar-refractivity contribution in [2.24, 2.45) is 5.11 Å². The zero-order valence-corrected chi connectivity index (χ0v) is 35.7. The van der Waals surface area contributed by atoms with E-state index < -0.39 is 95.6 Å². The highest BCUT2D eigenvalue weighted by molar-refractivity contribution is 6.76. The summed E-state index contributed by atoms with van der Waals surface area (Å²) in [6.07, 6.45) is -13.2. The van der Waals surface area contributed by atoms with Gasteiger partial charge >= 0.3 is 17.9 Å². The molecule has 20 heteroatoms. The molecule has 0 amide bonds. The van der Waals surface area contributed by atoms with E-state index in [2.05, 4.69) is 10.0 Å². The minimum atomic E-state index is -2.37. The topological polar surface area (TPSA) is 216 Å². The zero-order valence-electron chi connectivity index (χ0n) is 33.5. The van der Waals surface area contributed by atoms with Gasteiger partial charge in [-0.15, -0.1) is 0 Å². The van der Waals surface area contributed by atoms with E-state index in [0.717, 1.165) is 37.6 Å². The van der Waals surface area contributed by atoms with E-state index in [1.54, 1.807) is 30.3 Å². The van der Waals surface area contributed by atoms with Gasteiger partial charge in [0.25, 0.3) is 3.79 Å². The summed E-state index contributed by atoms with van der Waals surface area (Å²) in [4.78, 5) is 41.8. The number of carbonyl (C=O) groups is 3. The van der Waals surface area contributed by atoms with Crippen molar-refractivity contribution in [2.75, 3.05) is 13.7 Å². The molecule has 2 heterocycles. The average molecular weight is 908 g/mol. The van der Waals surface area contributed by atoms with Crippen LogP contribution in [-0.2, 0) is 81.6 Å². The molecule has 2 aliphatic heterocycles. The highest BCUT2D eigenvalue weighted by Crippen LogP contribution is 2.38. The molecule has 1 unspecified atom stereocenters. The lowest BCUT2D eigenvalue weighted by Gasteiger charge is -2.48. The minimum Gasteiger partial charge on any atom is -0.467 e. The molecule has 3 aromatic rings. The first kappa shape index (κ1) is 47.5. The standard InChI is InChI=1S/C41H45Cl3N4O13/c1-23-15-17-28(18-16-23)21-55-33-34(56-20-27-13-9-6-10-14-27)36(57-25(3)50)39(60-35(33)37(51)52-4)59-31-29(22-53-24(2)49)58-38(61-40(45)41(42,43)44)30(47-48-46)32(31)54-19-26-11-7-5-8-12-26/h5-18,29-36,38-39,45H,19-22H2,1-4H3/t29-,30-,31-,32-,33+,34+,35-,36-,38?,39-/m1/s1. The third kappa shape index (κ3) is 13.5.